The molecule has 0 aromatic rings. The van der Waals surface area contributed by atoms with Crippen LogP contribution in [0.25, 0.3) is 0 Å². The van der Waals surface area contributed by atoms with E-state index in [0.717, 1.165) is 12.2 Å². The van der Waals surface area contributed by atoms with Gasteiger partial charge in [0.05, 0.1) is 0 Å². The van der Waals surface area contributed by atoms with Crippen LogP contribution >= 0.6 is 11.8 Å². The Morgan fingerprint density at radius 3 is 2.64 bits per heavy atom. The molecule has 0 aromatic carbocycles. The van der Waals surface area contributed by atoms with Crippen LogP contribution in [-0.2, 0) is 0 Å². The lowest BCUT2D eigenvalue weighted by Gasteiger charge is -2.12. The molecular weight excluding hydrogens is 188 g/mol. The van der Waals surface area contributed by atoms with E-state index in [1.165, 1.54) is 16.1 Å². The van der Waals surface area contributed by atoms with Gasteiger partial charge in [0.2, 0.25) is 0 Å². The van der Waals surface area contributed by atoms with Gasteiger partial charge in [0, 0.05) is 10.7 Å². The first-order chi connectivity index (χ1) is 6.86. The standard InChI is InChI=1S/C11H12S.C2H6/c1-9-7-10-5-3-2-4-6-11(10)12-8-9;1-2/h3-7H,2,8H2,1H3;1-2H3. The lowest BCUT2D eigenvalue weighted by atomic mass is 10.1. The van der Waals surface area contributed by atoms with Gasteiger partial charge >= 0.3 is 0 Å². The Balaban J connectivity index is 0.000000461. The minimum Gasteiger partial charge on any atom is -0.121 e. The Morgan fingerprint density at radius 2 is 1.86 bits per heavy atom. The van der Waals surface area contributed by atoms with Gasteiger partial charge in [0.15, 0.2) is 0 Å². The fourth-order valence-corrected chi connectivity index (χ4v) is 2.33. The molecule has 0 aromatic heterocycles. The predicted molar refractivity (Wildman–Crippen MR) is 67.5 cm³/mol. The zero-order valence-corrected chi connectivity index (χ0v) is 10.0. The summed E-state index contributed by atoms with van der Waals surface area (Å²) in [6.07, 6.45) is 12.3. The smallest absolute Gasteiger partial charge is 0.0191 e. The highest BCUT2D eigenvalue weighted by atomic mass is 32.2. The molecule has 0 nitrogen and oxygen atoms in total. The first kappa shape index (κ1) is 11.4. The highest BCUT2D eigenvalue weighted by molar-refractivity contribution is 8.03. The van der Waals surface area contributed by atoms with E-state index in [0.29, 0.717) is 0 Å². The molecule has 1 aliphatic carbocycles. The van der Waals surface area contributed by atoms with Gasteiger partial charge in [0.25, 0.3) is 0 Å². The van der Waals surface area contributed by atoms with Gasteiger partial charge in [-0.05, 0) is 18.9 Å². The zero-order chi connectivity index (χ0) is 10.4. The van der Waals surface area contributed by atoms with Gasteiger partial charge < -0.3 is 0 Å². The molecule has 0 radical (unpaired) electrons. The van der Waals surface area contributed by atoms with E-state index in [1.54, 1.807) is 0 Å². The van der Waals surface area contributed by atoms with Crippen LogP contribution in [0.5, 0.6) is 0 Å². The molecule has 0 saturated carbocycles. The molecule has 0 bridgehead atoms. The average Bonchev–Trinajstić information content (AvgIpc) is 2.45. The summed E-state index contributed by atoms with van der Waals surface area (Å²) in [6.45, 7) is 6.19. The minimum atomic E-state index is 1.07. The molecular formula is C13H18S. The molecule has 0 atom stereocenters. The van der Waals surface area contributed by atoms with Gasteiger partial charge in [-0.2, -0.15) is 0 Å². The third-order valence-electron chi connectivity index (χ3n) is 1.98. The van der Waals surface area contributed by atoms with E-state index < -0.39 is 0 Å². The molecule has 0 spiro atoms. The highest BCUT2D eigenvalue weighted by Crippen LogP contribution is 2.31. The minimum absolute atomic E-state index is 1.07. The summed E-state index contributed by atoms with van der Waals surface area (Å²) in [5.41, 5.74) is 2.86. The number of thioether (sulfide) groups is 1. The predicted octanol–water partition coefficient (Wildman–Crippen LogP) is 4.48. The van der Waals surface area contributed by atoms with Crippen molar-refractivity contribution in [1.29, 1.82) is 0 Å². The van der Waals surface area contributed by atoms with E-state index in [1.807, 2.05) is 25.6 Å². The Kier molecular flexibility index (Phi) is 4.81. The maximum absolute atomic E-state index is 2.29. The Morgan fingerprint density at radius 1 is 1.14 bits per heavy atom. The van der Waals surface area contributed by atoms with Crippen molar-refractivity contribution in [2.75, 3.05) is 5.75 Å². The molecule has 0 amide bonds. The van der Waals surface area contributed by atoms with Crippen molar-refractivity contribution in [3.05, 3.63) is 46.4 Å². The maximum atomic E-state index is 2.29. The number of rotatable bonds is 0. The molecule has 0 N–H and O–H groups in total. The Bertz CT molecular complexity index is 303. The second-order valence-electron chi connectivity index (χ2n) is 3.14. The lowest BCUT2D eigenvalue weighted by molar-refractivity contribution is 1.37. The summed E-state index contributed by atoms with van der Waals surface area (Å²) in [5.74, 6) is 1.15. The Hall–Kier alpha value is -0.690. The highest BCUT2D eigenvalue weighted by Gasteiger charge is 2.08. The van der Waals surface area contributed by atoms with Gasteiger partial charge in [0.1, 0.15) is 0 Å². The molecule has 2 rings (SSSR count). The molecule has 1 aliphatic heterocycles. The van der Waals surface area contributed by atoms with Crippen LogP contribution in [0.15, 0.2) is 46.4 Å². The van der Waals surface area contributed by atoms with Crippen molar-refractivity contribution >= 4 is 11.8 Å². The fraction of sp³-hybridized carbons (Fsp3) is 0.385. The molecule has 0 fully saturated rings. The van der Waals surface area contributed by atoms with Crippen LogP contribution in [0.3, 0.4) is 0 Å². The topological polar surface area (TPSA) is 0 Å². The van der Waals surface area contributed by atoms with Crippen LogP contribution in [0.2, 0.25) is 0 Å². The van der Waals surface area contributed by atoms with Crippen LogP contribution in [0, 0.1) is 0 Å². The van der Waals surface area contributed by atoms with Crippen LogP contribution in [0.1, 0.15) is 27.2 Å². The Labute approximate surface area is 91.5 Å². The zero-order valence-electron chi connectivity index (χ0n) is 9.21. The first-order valence-electron chi connectivity index (χ1n) is 5.23. The monoisotopic (exact) mass is 206 g/mol. The van der Waals surface area contributed by atoms with Crippen LogP contribution in [-0.4, -0.2) is 5.75 Å². The number of hydrogen-bond donors (Lipinski definition) is 0. The van der Waals surface area contributed by atoms with E-state index in [2.05, 4.69) is 37.3 Å². The maximum Gasteiger partial charge on any atom is 0.0191 e. The van der Waals surface area contributed by atoms with E-state index in [-0.39, 0.29) is 0 Å². The third-order valence-corrected chi connectivity index (χ3v) is 3.26. The van der Waals surface area contributed by atoms with Gasteiger partial charge in [-0.25, -0.2) is 0 Å². The molecule has 76 valence electrons. The molecule has 1 heterocycles. The fourth-order valence-electron chi connectivity index (χ4n) is 1.38. The quantitative estimate of drug-likeness (QED) is 0.563. The number of allylic oxidation sites excluding steroid dienone is 6. The summed E-state index contributed by atoms with van der Waals surface area (Å²) in [7, 11) is 0. The summed E-state index contributed by atoms with van der Waals surface area (Å²) >= 11 is 1.94. The van der Waals surface area contributed by atoms with E-state index in [4.69, 9.17) is 0 Å². The summed E-state index contributed by atoms with van der Waals surface area (Å²) < 4.78 is 0. The van der Waals surface area contributed by atoms with Gasteiger partial charge in [-0.1, -0.05) is 49.8 Å². The van der Waals surface area contributed by atoms with Crippen molar-refractivity contribution in [2.45, 2.75) is 27.2 Å². The summed E-state index contributed by atoms with van der Waals surface area (Å²) in [5, 5.41) is 0. The van der Waals surface area contributed by atoms with Crippen molar-refractivity contribution in [2.24, 2.45) is 0 Å². The average molecular weight is 206 g/mol. The molecule has 1 heteroatoms. The SMILES string of the molecule is CC.CC1=CC2=C(C=CCC=C2)SC1. The van der Waals surface area contributed by atoms with E-state index in [9.17, 15) is 0 Å². The largest absolute Gasteiger partial charge is 0.121 e. The van der Waals surface area contributed by atoms with Crippen molar-refractivity contribution < 1.29 is 0 Å². The van der Waals surface area contributed by atoms with Crippen molar-refractivity contribution in [3.63, 3.8) is 0 Å². The second kappa shape index (κ2) is 5.92. The van der Waals surface area contributed by atoms with Crippen LogP contribution < -0.4 is 0 Å². The van der Waals surface area contributed by atoms with Crippen molar-refractivity contribution in [1.82, 2.24) is 0 Å². The second-order valence-corrected chi connectivity index (χ2v) is 4.16. The normalized spacial score (nSPS) is 19.2. The summed E-state index contributed by atoms with van der Waals surface area (Å²) in [4.78, 5) is 1.43. The number of hydrogen-bond acceptors (Lipinski definition) is 1. The van der Waals surface area contributed by atoms with Gasteiger partial charge in [-0.15, -0.1) is 11.8 Å². The molecule has 0 saturated heterocycles. The molecule has 14 heavy (non-hydrogen) atoms. The molecule has 2 aliphatic rings. The molecule has 0 unspecified atom stereocenters. The lowest BCUT2D eigenvalue weighted by Crippen LogP contribution is -1.92. The van der Waals surface area contributed by atoms with Crippen LogP contribution in [0.4, 0.5) is 0 Å². The van der Waals surface area contributed by atoms with Gasteiger partial charge in [-0.3, -0.25) is 0 Å². The summed E-state index contributed by atoms with van der Waals surface area (Å²) in [6, 6.07) is 0. The van der Waals surface area contributed by atoms with Crippen molar-refractivity contribution in [3.8, 4) is 0 Å². The third kappa shape index (κ3) is 2.91. The van der Waals surface area contributed by atoms with E-state index >= 15 is 0 Å². The first-order valence-corrected chi connectivity index (χ1v) is 6.22.